The third-order valence-electron chi connectivity index (χ3n) is 8.42. The van der Waals surface area contributed by atoms with Crippen LogP contribution < -0.4 is 16.0 Å². The van der Waals surface area contributed by atoms with Crippen molar-refractivity contribution in [1.82, 2.24) is 20.5 Å². The molecule has 2 aromatic carbocycles. The first-order chi connectivity index (χ1) is 23.4. The highest BCUT2D eigenvalue weighted by Gasteiger charge is 2.45. The van der Waals surface area contributed by atoms with Crippen molar-refractivity contribution < 1.29 is 33.4 Å². The highest BCUT2D eigenvalue weighted by Crippen LogP contribution is 2.30. The van der Waals surface area contributed by atoms with Crippen LogP contribution in [0.2, 0.25) is 0 Å². The lowest BCUT2D eigenvalue weighted by Crippen LogP contribution is -2.57. The number of carbonyl (C=O) groups is 4. The number of rotatable bonds is 8. The number of aromatic nitrogens is 1. The monoisotopic (exact) mass is 703 g/mol. The minimum atomic E-state index is -1.05. The van der Waals surface area contributed by atoms with E-state index in [2.05, 4.69) is 20.9 Å². The van der Waals surface area contributed by atoms with Gasteiger partial charge in [0.1, 0.15) is 23.3 Å². The summed E-state index contributed by atoms with van der Waals surface area (Å²) in [6.07, 6.45) is -1.45. The first-order valence-corrected chi connectivity index (χ1v) is 17.4. The summed E-state index contributed by atoms with van der Waals surface area (Å²) in [7, 11) is 0. The standard InChI is InChI=1S/C37H45N5O7S/c1-20(22-9-11-23(12-10-22)30-21(2)38-19-50-30)39-32(44)27-17-26(43)18-42(27)34(46)31(36(3,4)5)41-33(45)29-16-24-15-25(13-14-28(24)48-29)40-35(47)49-37(6,7)8/h9-16,19-20,26-27,31,43H,17-18H2,1-8H3,(H,39,44)(H,40,47)(H,41,45)/t20-,26+,27-,31+/m0/s1. The summed E-state index contributed by atoms with van der Waals surface area (Å²) in [5.74, 6) is -1.53. The quantitative estimate of drug-likeness (QED) is 0.169. The average molecular weight is 704 g/mol. The fourth-order valence-electron chi connectivity index (χ4n) is 5.87. The van der Waals surface area contributed by atoms with E-state index in [0.29, 0.717) is 16.7 Å². The predicted octanol–water partition coefficient (Wildman–Crippen LogP) is 6.20. The minimum Gasteiger partial charge on any atom is -0.451 e. The van der Waals surface area contributed by atoms with Crippen LogP contribution >= 0.6 is 11.3 Å². The Morgan fingerprint density at radius 2 is 1.72 bits per heavy atom. The normalized spacial score (nSPS) is 17.7. The van der Waals surface area contributed by atoms with Crippen molar-refractivity contribution in [3.63, 3.8) is 0 Å². The molecule has 1 aliphatic heterocycles. The smallest absolute Gasteiger partial charge is 0.412 e. The SMILES string of the molecule is Cc1ncsc1-c1ccc([C@H](C)NC(=O)[C@@H]2C[C@@H](O)CN2C(=O)[C@@H](NC(=O)c2cc3cc(NC(=O)OC(C)(C)C)ccc3o2)C(C)(C)C)cc1. The van der Waals surface area contributed by atoms with Crippen LogP contribution in [0.25, 0.3) is 21.4 Å². The van der Waals surface area contributed by atoms with Gasteiger partial charge in [-0.25, -0.2) is 9.78 Å². The number of hydrogen-bond acceptors (Lipinski definition) is 9. The van der Waals surface area contributed by atoms with Gasteiger partial charge in [0.05, 0.1) is 28.2 Å². The highest BCUT2D eigenvalue weighted by molar-refractivity contribution is 7.13. The largest absolute Gasteiger partial charge is 0.451 e. The number of β-amino-alcohol motifs (C(OH)–C–C–N with tert-alkyl or cyclic N) is 1. The molecule has 1 saturated heterocycles. The first-order valence-electron chi connectivity index (χ1n) is 16.5. The van der Waals surface area contributed by atoms with Gasteiger partial charge in [-0.15, -0.1) is 11.3 Å². The van der Waals surface area contributed by atoms with E-state index in [1.807, 2.05) is 64.4 Å². The van der Waals surface area contributed by atoms with Gasteiger partial charge >= 0.3 is 6.09 Å². The van der Waals surface area contributed by atoms with E-state index >= 15 is 0 Å². The van der Waals surface area contributed by atoms with Crippen molar-refractivity contribution in [2.45, 2.75) is 91.6 Å². The van der Waals surface area contributed by atoms with Gasteiger partial charge in [0, 0.05) is 24.0 Å². The number of hydrogen-bond donors (Lipinski definition) is 4. The van der Waals surface area contributed by atoms with E-state index in [0.717, 1.165) is 21.7 Å². The van der Waals surface area contributed by atoms with Crippen LogP contribution in [0.5, 0.6) is 0 Å². The fraction of sp³-hybridized carbons (Fsp3) is 0.432. The summed E-state index contributed by atoms with van der Waals surface area (Å²) in [4.78, 5) is 60.2. The summed E-state index contributed by atoms with van der Waals surface area (Å²) in [6, 6.07) is 12.0. The Hall–Kier alpha value is -4.75. The number of nitrogens with one attached hydrogen (secondary N) is 3. The van der Waals surface area contributed by atoms with Crippen molar-refractivity contribution in [2.75, 3.05) is 11.9 Å². The molecule has 3 heterocycles. The fourth-order valence-corrected chi connectivity index (χ4v) is 6.68. The molecule has 4 aromatic rings. The summed E-state index contributed by atoms with van der Waals surface area (Å²) >= 11 is 1.57. The number of carbonyl (C=O) groups excluding carboxylic acids is 4. The number of aliphatic hydroxyl groups excluding tert-OH is 1. The number of nitrogens with zero attached hydrogens (tertiary/aromatic N) is 2. The van der Waals surface area contributed by atoms with E-state index in [4.69, 9.17) is 9.15 Å². The molecule has 13 heteroatoms. The van der Waals surface area contributed by atoms with Gasteiger partial charge < -0.3 is 29.8 Å². The van der Waals surface area contributed by atoms with Gasteiger partial charge in [-0.05, 0) is 75.4 Å². The molecule has 4 atom stereocenters. The van der Waals surface area contributed by atoms with Gasteiger partial charge in [-0.1, -0.05) is 45.0 Å². The summed E-state index contributed by atoms with van der Waals surface area (Å²) in [6.45, 7) is 14.5. The number of likely N-dealkylation sites (tertiary alicyclic amines) is 1. The Morgan fingerprint density at radius 1 is 1.02 bits per heavy atom. The maximum Gasteiger partial charge on any atom is 0.412 e. The second kappa shape index (κ2) is 14.2. The lowest BCUT2D eigenvalue weighted by atomic mass is 9.85. The molecule has 1 aliphatic rings. The van der Waals surface area contributed by atoms with Crippen LogP contribution in [0, 0.1) is 12.3 Å². The minimum absolute atomic E-state index is 0.0300. The number of aliphatic hydroxyl groups is 1. The lowest BCUT2D eigenvalue weighted by Gasteiger charge is -2.35. The molecule has 5 rings (SSSR count). The molecule has 12 nitrogen and oxygen atoms in total. The number of furan rings is 1. The molecule has 2 aromatic heterocycles. The molecule has 0 spiro atoms. The van der Waals surface area contributed by atoms with Crippen LogP contribution in [-0.4, -0.2) is 69.1 Å². The molecular weight excluding hydrogens is 659 g/mol. The zero-order valence-corrected chi connectivity index (χ0v) is 30.4. The van der Waals surface area contributed by atoms with Crippen LogP contribution in [0.1, 0.15) is 82.7 Å². The molecule has 0 saturated carbocycles. The summed E-state index contributed by atoms with van der Waals surface area (Å²) in [5.41, 5.74) is 4.13. The Kier molecular flexibility index (Phi) is 10.4. The lowest BCUT2D eigenvalue weighted by molar-refractivity contribution is -0.142. The Balaban J connectivity index is 1.27. The van der Waals surface area contributed by atoms with Crippen LogP contribution in [-0.2, 0) is 14.3 Å². The highest BCUT2D eigenvalue weighted by atomic mass is 32.1. The number of benzene rings is 2. The molecule has 4 N–H and O–H groups in total. The van der Waals surface area contributed by atoms with Crippen molar-refractivity contribution in [2.24, 2.45) is 5.41 Å². The zero-order valence-electron chi connectivity index (χ0n) is 29.6. The second-order valence-electron chi connectivity index (χ2n) is 14.8. The van der Waals surface area contributed by atoms with Crippen molar-refractivity contribution >= 4 is 51.8 Å². The van der Waals surface area contributed by atoms with E-state index < -0.39 is 53.0 Å². The molecule has 0 unspecified atom stereocenters. The third-order valence-corrected chi connectivity index (χ3v) is 9.39. The number of aryl methyl sites for hydroxylation is 1. The summed E-state index contributed by atoms with van der Waals surface area (Å²) in [5, 5.41) is 19.7. The molecule has 1 fully saturated rings. The molecule has 4 amide bonds. The number of amides is 4. The van der Waals surface area contributed by atoms with Gasteiger partial charge in [0.2, 0.25) is 11.8 Å². The van der Waals surface area contributed by atoms with Gasteiger partial charge in [0.25, 0.3) is 5.91 Å². The molecular formula is C37H45N5O7S. The predicted molar refractivity (Wildman–Crippen MR) is 192 cm³/mol. The van der Waals surface area contributed by atoms with Crippen molar-refractivity contribution in [3.05, 3.63) is 71.1 Å². The summed E-state index contributed by atoms with van der Waals surface area (Å²) < 4.78 is 11.1. The average Bonchev–Trinajstić information content (AvgIpc) is 3.75. The number of fused-ring (bicyclic) bond motifs is 1. The van der Waals surface area contributed by atoms with Crippen molar-refractivity contribution in [3.8, 4) is 10.4 Å². The van der Waals surface area contributed by atoms with Crippen LogP contribution in [0.3, 0.4) is 0 Å². The van der Waals surface area contributed by atoms with Gasteiger partial charge in [0.15, 0.2) is 5.76 Å². The molecule has 0 aliphatic carbocycles. The Morgan fingerprint density at radius 3 is 2.34 bits per heavy atom. The zero-order chi connectivity index (χ0) is 36.5. The molecule has 0 bridgehead atoms. The Bertz CT molecular complexity index is 1890. The van der Waals surface area contributed by atoms with Crippen molar-refractivity contribution in [1.29, 1.82) is 0 Å². The second-order valence-corrected chi connectivity index (χ2v) is 15.6. The number of thiazole rings is 1. The molecule has 266 valence electrons. The van der Waals surface area contributed by atoms with E-state index in [1.165, 1.54) is 11.0 Å². The maximum absolute atomic E-state index is 14.1. The molecule has 0 radical (unpaired) electrons. The van der Waals surface area contributed by atoms with E-state index in [1.54, 1.807) is 50.3 Å². The molecule has 50 heavy (non-hydrogen) atoms. The Labute approximate surface area is 295 Å². The van der Waals surface area contributed by atoms with Crippen LogP contribution in [0.15, 0.2) is 58.5 Å². The third kappa shape index (κ3) is 8.51. The van der Waals surface area contributed by atoms with E-state index in [-0.39, 0.29) is 24.8 Å². The van der Waals surface area contributed by atoms with Gasteiger partial charge in [-0.2, -0.15) is 0 Å². The topological polar surface area (TPSA) is 163 Å². The number of ether oxygens (including phenoxy) is 1. The maximum atomic E-state index is 14.1. The first kappa shape index (κ1) is 36.5. The number of anilines is 1. The van der Waals surface area contributed by atoms with E-state index in [9.17, 15) is 24.3 Å². The van der Waals surface area contributed by atoms with Gasteiger partial charge in [-0.3, -0.25) is 19.7 Å². The van der Waals surface area contributed by atoms with Crippen LogP contribution in [0.4, 0.5) is 10.5 Å².